The lowest BCUT2D eigenvalue weighted by atomic mass is 9.60. The van der Waals surface area contributed by atoms with Crippen molar-refractivity contribution in [2.45, 2.75) is 64.8 Å². The highest BCUT2D eigenvalue weighted by molar-refractivity contribution is 6.00. The number of ether oxygens (including phenoxy) is 1. The van der Waals surface area contributed by atoms with Crippen molar-refractivity contribution < 1.29 is 24.2 Å². The molecule has 0 aliphatic heterocycles. The topological polar surface area (TPSA) is 117 Å². The molecule has 36 heavy (non-hydrogen) atoms. The molecule has 2 aromatic rings. The van der Waals surface area contributed by atoms with Crippen molar-refractivity contribution in [1.29, 1.82) is 0 Å². The molecule has 0 heterocycles. The van der Waals surface area contributed by atoms with Gasteiger partial charge in [0.05, 0.1) is 12.8 Å². The van der Waals surface area contributed by atoms with Gasteiger partial charge < -0.3 is 25.8 Å². The first-order valence-corrected chi connectivity index (χ1v) is 12.3. The van der Waals surface area contributed by atoms with E-state index in [0.717, 1.165) is 30.4 Å². The van der Waals surface area contributed by atoms with Gasteiger partial charge in [0.25, 0.3) is 0 Å². The quantitative estimate of drug-likeness (QED) is 0.359. The molecule has 4 N–H and O–H groups in total. The number of aliphatic carboxylic acids is 1. The summed E-state index contributed by atoms with van der Waals surface area (Å²) in [6.07, 6.45) is 3.73. The smallest absolute Gasteiger partial charge is 0.330 e. The van der Waals surface area contributed by atoms with E-state index in [1.54, 1.807) is 13.2 Å². The molecule has 2 aromatic carbocycles. The van der Waals surface area contributed by atoms with Crippen molar-refractivity contribution in [3.05, 3.63) is 53.6 Å². The lowest BCUT2D eigenvalue weighted by Gasteiger charge is -2.48. The summed E-state index contributed by atoms with van der Waals surface area (Å²) in [4.78, 5) is 36.5. The first-order chi connectivity index (χ1) is 17.0. The van der Waals surface area contributed by atoms with Gasteiger partial charge in [0.1, 0.15) is 11.3 Å². The number of urea groups is 1. The number of carbonyl (C=O) groups is 3. The van der Waals surface area contributed by atoms with E-state index in [1.165, 1.54) is 0 Å². The normalized spacial score (nSPS) is 19.5. The molecular formula is C28H37N3O5. The highest BCUT2D eigenvalue weighted by atomic mass is 16.5. The molecule has 1 aliphatic carbocycles. The average Bonchev–Trinajstić information content (AvgIpc) is 2.82. The Labute approximate surface area is 212 Å². The monoisotopic (exact) mass is 495 g/mol. The molecule has 0 unspecified atom stereocenters. The Morgan fingerprint density at radius 3 is 2.33 bits per heavy atom. The molecule has 1 saturated carbocycles. The zero-order valence-electron chi connectivity index (χ0n) is 21.7. The first kappa shape index (κ1) is 27.0. The molecule has 0 radical (unpaired) electrons. The van der Waals surface area contributed by atoms with Crippen LogP contribution in [0.25, 0.3) is 0 Å². The fraction of sp³-hybridized carbons (Fsp3) is 0.464. The van der Waals surface area contributed by atoms with Gasteiger partial charge in [0.15, 0.2) is 0 Å². The number of aryl methyl sites for hydroxylation is 1. The van der Waals surface area contributed by atoms with Crippen LogP contribution in [0.5, 0.6) is 5.75 Å². The largest absolute Gasteiger partial charge is 0.495 e. The average molecular weight is 496 g/mol. The van der Waals surface area contributed by atoms with Gasteiger partial charge in [-0.3, -0.25) is 4.79 Å². The second-order valence-electron chi connectivity index (χ2n) is 10.6. The third-order valence-electron chi connectivity index (χ3n) is 7.34. The fourth-order valence-corrected chi connectivity index (χ4v) is 5.53. The number of anilines is 2. The molecular weight excluding hydrogens is 458 g/mol. The maximum absolute atomic E-state index is 12.6. The van der Waals surface area contributed by atoms with Crippen molar-refractivity contribution in [2.75, 3.05) is 17.7 Å². The van der Waals surface area contributed by atoms with Crippen LogP contribution in [0.1, 0.15) is 63.5 Å². The van der Waals surface area contributed by atoms with Gasteiger partial charge in [-0.15, -0.1) is 0 Å². The minimum atomic E-state index is -1.34. The molecule has 8 heteroatoms. The summed E-state index contributed by atoms with van der Waals surface area (Å²) in [5, 5.41) is 18.6. The van der Waals surface area contributed by atoms with Crippen LogP contribution in [0.2, 0.25) is 0 Å². The molecule has 1 fully saturated rings. The van der Waals surface area contributed by atoms with Crippen LogP contribution in [0, 0.1) is 18.3 Å². The van der Waals surface area contributed by atoms with E-state index < -0.39 is 16.9 Å². The van der Waals surface area contributed by atoms with Crippen molar-refractivity contribution in [2.24, 2.45) is 11.3 Å². The van der Waals surface area contributed by atoms with Crippen molar-refractivity contribution in [3.63, 3.8) is 0 Å². The lowest BCUT2D eigenvalue weighted by Crippen LogP contribution is -2.65. The Balaban J connectivity index is 1.72. The Morgan fingerprint density at radius 1 is 1.06 bits per heavy atom. The Morgan fingerprint density at radius 2 is 1.75 bits per heavy atom. The van der Waals surface area contributed by atoms with E-state index in [4.69, 9.17) is 4.74 Å². The van der Waals surface area contributed by atoms with Crippen LogP contribution in [0.15, 0.2) is 42.5 Å². The molecule has 1 aliphatic rings. The molecule has 3 amide bonds. The Bertz CT molecular complexity index is 1090. The number of hydrogen-bond donors (Lipinski definition) is 4. The van der Waals surface area contributed by atoms with Gasteiger partial charge in [-0.05, 0) is 78.8 Å². The van der Waals surface area contributed by atoms with Crippen LogP contribution in [-0.2, 0) is 9.59 Å². The SMILES string of the molecule is COc1ccc(C)cc1NC(=O)Nc1ccc([C@H]2CCC[C@H]([C@](NC=O)(C(=O)O)C(C)(C)C)C2)cc1. The second kappa shape index (κ2) is 11.0. The number of carboxylic acid groups (broad SMARTS) is 1. The van der Waals surface area contributed by atoms with Gasteiger partial charge in [-0.1, -0.05) is 45.4 Å². The number of carboxylic acids is 1. The lowest BCUT2D eigenvalue weighted by molar-refractivity contribution is -0.157. The van der Waals surface area contributed by atoms with Crippen LogP contribution in [0.3, 0.4) is 0 Å². The summed E-state index contributed by atoms with van der Waals surface area (Å²) >= 11 is 0. The molecule has 0 bridgehead atoms. The number of benzene rings is 2. The minimum Gasteiger partial charge on any atom is -0.495 e. The maximum Gasteiger partial charge on any atom is 0.330 e. The van der Waals surface area contributed by atoms with Crippen LogP contribution in [0.4, 0.5) is 16.2 Å². The van der Waals surface area contributed by atoms with Gasteiger partial charge in [-0.2, -0.15) is 0 Å². The number of nitrogens with one attached hydrogen (secondary N) is 3. The molecule has 0 saturated heterocycles. The highest BCUT2D eigenvalue weighted by Gasteiger charge is 2.55. The van der Waals surface area contributed by atoms with Crippen molar-refractivity contribution >= 4 is 29.8 Å². The summed E-state index contributed by atoms with van der Waals surface area (Å²) in [6, 6.07) is 12.8. The van der Waals surface area contributed by atoms with E-state index in [1.807, 2.05) is 64.1 Å². The summed E-state index contributed by atoms with van der Waals surface area (Å²) in [5.41, 5.74) is 1.32. The summed E-state index contributed by atoms with van der Waals surface area (Å²) in [5.74, 6) is -0.456. The van der Waals surface area contributed by atoms with E-state index in [9.17, 15) is 19.5 Å². The Hall–Kier alpha value is -3.55. The number of hydrogen-bond acceptors (Lipinski definition) is 4. The van der Waals surface area contributed by atoms with E-state index in [-0.39, 0.29) is 17.9 Å². The highest BCUT2D eigenvalue weighted by Crippen LogP contribution is 2.47. The third-order valence-corrected chi connectivity index (χ3v) is 7.34. The summed E-state index contributed by atoms with van der Waals surface area (Å²) < 4.78 is 5.31. The van der Waals surface area contributed by atoms with Gasteiger partial charge in [0.2, 0.25) is 6.41 Å². The predicted octanol–water partition coefficient (Wildman–Crippen LogP) is 5.54. The minimum absolute atomic E-state index is 0.165. The molecule has 0 spiro atoms. The fourth-order valence-electron chi connectivity index (χ4n) is 5.53. The van der Waals surface area contributed by atoms with Crippen LogP contribution in [-0.4, -0.2) is 36.2 Å². The standard InChI is InChI=1S/C28H37N3O5/c1-18-9-14-24(36-5)23(15-18)31-26(35)30-22-12-10-19(11-13-22)20-7-6-8-21(16-20)28(25(33)34,29-17-32)27(2,3)4/h9-15,17,20-21H,6-8,16H2,1-5H3,(H,29,32)(H,33,34)(H2,30,31,35)/t20-,21-,28-/m0/s1. The molecule has 8 nitrogen and oxygen atoms in total. The van der Waals surface area contributed by atoms with Crippen molar-refractivity contribution in [1.82, 2.24) is 5.32 Å². The summed E-state index contributed by atoms with van der Waals surface area (Å²) in [7, 11) is 1.55. The molecule has 3 rings (SSSR count). The van der Waals surface area contributed by atoms with Gasteiger partial charge in [0, 0.05) is 5.69 Å². The molecule has 3 atom stereocenters. The van der Waals surface area contributed by atoms with Gasteiger partial charge in [-0.25, -0.2) is 9.59 Å². The molecule has 0 aromatic heterocycles. The summed E-state index contributed by atoms with van der Waals surface area (Å²) in [6.45, 7) is 7.52. The van der Waals surface area contributed by atoms with Crippen molar-refractivity contribution in [3.8, 4) is 5.75 Å². The second-order valence-corrected chi connectivity index (χ2v) is 10.6. The predicted molar refractivity (Wildman–Crippen MR) is 141 cm³/mol. The van der Waals surface area contributed by atoms with E-state index in [2.05, 4.69) is 16.0 Å². The first-order valence-electron chi connectivity index (χ1n) is 12.3. The van der Waals surface area contributed by atoms with E-state index >= 15 is 0 Å². The van der Waals surface area contributed by atoms with Gasteiger partial charge >= 0.3 is 12.0 Å². The number of methoxy groups -OCH3 is 1. The third kappa shape index (κ3) is 5.64. The van der Waals surface area contributed by atoms with E-state index in [0.29, 0.717) is 30.0 Å². The zero-order valence-corrected chi connectivity index (χ0v) is 21.7. The number of carbonyl (C=O) groups excluding carboxylic acids is 2. The zero-order chi connectivity index (χ0) is 26.5. The molecule has 194 valence electrons. The number of rotatable bonds is 8. The van der Waals surface area contributed by atoms with Crippen LogP contribution >= 0.6 is 0 Å². The number of amides is 3. The Kier molecular flexibility index (Phi) is 8.28. The van der Waals surface area contributed by atoms with Crippen LogP contribution < -0.4 is 20.7 Å². The maximum atomic E-state index is 12.6.